The van der Waals surface area contributed by atoms with Gasteiger partial charge in [-0.3, -0.25) is 0 Å². The lowest BCUT2D eigenvalue weighted by molar-refractivity contribution is 0.452. The number of nitrogens with zero attached hydrogens (tertiary/aromatic N) is 2. The number of aromatic nitrogens is 2. The highest BCUT2D eigenvalue weighted by Gasteiger charge is 2.12. The van der Waals surface area contributed by atoms with Crippen molar-refractivity contribution in [2.45, 2.75) is 6.92 Å². The van der Waals surface area contributed by atoms with E-state index in [2.05, 4.69) is 15.5 Å². The van der Waals surface area contributed by atoms with Crippen molar-refractivity contribution < 1.29 is 10.2 Å². The zero-order valence-electron chi connectivity index (χ0n) is 11.5. The highest BCUT2D eigenvalue weighted by atomic mass is 35.5. The third-order valence-corrected chi connectivity index (χ3v) is 4.19. The maximum absolute atomic E-state index is 9.87. The van der Waals surface area contributed by atoms with Crippen molar-refractivity contribution in [2.24, 2.45) is 0 Å². The van der Waals surface area contributed by atoms with Gasteiger partial charge in [-0.2, -0.15) is 0 Å². The number of aryl methyl sites for hydroxylation is 1. The topological polar surface area (TPSA) is 78.3 Å². The van der Waals surface area contributed by atoms with Crippen molar-refractivity contribution >= 4 is 33.8 Å². The molecule has 7 heteroatoms. The summed E-state index contributed by atoms with van der Waals surface area (Å²) in [6.45, 7) is 1.96. The molecule has 0 unspecified atom stereocenters. The molecular weight excluding hydrogens is 322 g/mol. The van der Waals surface area contributed by atoms with Gasteiger partial charge in [-0.25, -0.2) is 0 Å². The fourth-order valence-corrected chi connectivity index (χ4v) is 2.89. The molecule has 0 bridgehead atoms. The number of hydrogen-bond acceptors (Lipinski definition) is 6. The molecular formula is C15H12ClN3O2S. The molecule has 2 aromatic carbocycles. The molecule has 0 atom stereocenters. The second-order valence-corrected chi connectivity index (χ2v) is 6.11. The number of hydrogen-bond donors (Lipinski definition) is 3. The number of aromatic hydroxyl groups is 2. The Labute approximate surface area is 135 Å². The van der Waals surface area contributed by atoms with Crippen LogP contribution in [0.3, 0.4) is 0 Å². The van der Waals surface area contributed by atoms with Crippen molar-refractivity contribution in [2.75, 3.05) is 5.32 Å². The van der Waals surface area contributed by atoms with E-state index < -0.39 is 0 Å². The lowest BCUT2D eigenvalue weighted by Crippen LogP contribution is -1.92. The van der Waals surface area contributed by atoms with Crippen molar-refractivity contribution in [3.05, 3.63) is 47.0 Å². The number of anilines is 2. The van der Waals surface area contributed by atoms with Crippen molar-refractivity contribution in [1.82, 2.24) is 10.2 Å². The normalized spacial score (nSPS) is 10.6. The van der Waals surface area contributed by atoms with Crippen LogP contribution in [0, 0.1) is 6.92 Å². The molecule has 1 heterocycles. The summed E-state index contributed by atoms with van der Waals surface area (Å²) < 4.78 is 0. The molecule has 0 aliphatic carbocycles. The number of phenolic OH excluding ortho intramolecular Hbond substituents is 2. The average Bonchev–Trinajstić information content (AvgIpc) is 2.91. The standard InChI is InChI=1S/C15H12ClN3O2S/c1-8-2-3-9(16)6-12(8)17-15-19-18-14(22-15)11-5-4-10(20)7-13(11)21/h2-7,20-21H,1H3,(H,17,19). The fraction of sp³-hybridized carbons (Fsp3) is 0.0667. The van der Waals surface area contributed by atoms with Gasteiger partial charge < -0.3 is 15.5 Å². The summed E-state index contributed by atoms with van der Waals surface area (Å²) in [4.78, 5) is 0. The maximum Gasteiger partial charge on any atom is 0.210 e. The first-order valence-corrected chi connectivity index (χ1v) is 7.61. The molecule has 0 spiro atoms. The van der Waals surface area contributed by atoms with E-state index in [1.807, 2.05) is 25.1 Å². The Morgan fingerprint density at radius 3 is 2.68 bits per heavy atom. The van der Waals surface area contributed by atoms with Crippen molar-refractivity contribution in [1.29, 1.82) is 0 Å². The Balaban J connectivity index is 1.89. The zero-order chi connectivity index (χ0) is 15.7. The van der Waals surface area contributed by atoms with Gasteiger partial charge in [0.05, 0.1) is 5.56 Å². The maximum atomic E-state index is 9.87. The summed E-state index contributed by atoms with van der Waals surface area (Å²) in [6, 6.07) is 9.91. The first kappa shape index (κ1) is 14.6. The van der Waals surface area contributed by atoms with Crippen LogP contribution in [0.4, 0.5) is 10.8 Å². The number of phenols is 2. The van der Waals surface area contributed by atoms with E-state index in [0.29, 0.717) is 20.7 Å². The van der Waals surface area contributed by atoms with Gasteiger partial charge >= 0.3 is 0 Å². The number of halogens is 1. The van der Waals surface area contributed by atoms with Crippen molar-refractivity contribution in [3.8, 4) is 22.1 Å². The number of benzene rings is 2. The predicted molar refractivity (Wildman–Crippen MR) is 88.1 cm³/mol. The van der Waals surface area contributed by atoms with Gasteiger partial charge in [0, 0.05) is 16.8 Å². The van der Waals surface area contributed by atoms with E-state index in [9.17, 15) is 10.2 Å². The van der Waals surface area contributed by atoms with E-state index in [4.69, 9.17) is 11.6 Å². The number of rotatable bonds is 3. The van der Waals surface area contributed by atoms with Gasteiger partial charge in [0.2, 0.25) is 5.13 Å². The Kier molecular flexibility index (Phi) is 3.87. The molecule has 0 radical (unpaired) electrons. The van der Waals surface area contributed by atoms with E-state index in [1.165, 1.54) is 23.5 Å². The molecule has 0 fully saturated rings. The molecule has 0 saturated heterocycles. The minimum Gasteiger partial charge on any atom is -0.508 e. The predicted octanol–water partition coefficient (Wildman–Crippen LogP) is 4.32. The zero-order valence-corrected chi connectivity index (χ0v) is 13.1. The molecule has 5 nitrogen and oxygen atoms in total. The van der Waals surface area contributed by atoms with Gasteiger partial charge in [0.1, 0.15) is 11.5 Å². The Morgan fingerprint density at radius 1 is 1.09 bits per heavy atom. The molecule has 0 saturated carbocycles. The van der Waals surface area contributed by atoms with E-state index in [1.54, 1.807) is 6.07 Å². The molecule has 0 amide bonds. The van der Waals surface area contributed by atoms with Crippen LogP contribution in [-0.4, -0.2) is 20.4 Å². The summed E-state index contributed by atoms with van der Waals surface area (Å²) in [6.07, 6.45) is 0. The van der Waals surface area contributed by atoms with Gasteiger partial charge in [-0.15, -0.1) is 10.2 Å². The second kappa shape index (κ2) is 5.82. The summed E-state index contributed by atoms with van der Waals surface area (Å²) >= 11 is 7.29. The highest BCUT2D eigenvalue weighted by Crippen LogP contribution is 2.36. The smallest absolute Gasteiger partial charge is 0.210 e. The molecule has 3 N–H and O–H groups in total. The van der Waals surface area contributed by atoms with Gasteiger partial charge in [0.15, 0.2) is 5.01 Å². The molecule has 3 aromatic rings. The van der Waals surface area contributed by atoms with Crippen LogP contribution in [0.25, 0.3) is 10.6 Å². The van der Waals surface area contributed by atoms with Crippen LogP contribution in [-0.2, 0) is 0 Å². The van der Waals surface area contributed by atoms with Crippen LogP contribution in [0.15, 0.2) is 36.4 Å². The SMILES string of the molecule is Cc1ccc(Cl)cc1Nc1nnc(-c2ccc(O)cc2O)s1. The molecule has 22 heavy (non-hydrogen) atoms. The monoisotopic (exact) mass is 333 g/mol. The minimum atomic E-state index is -0.0402. The molecule has 1 aromatic heterocycles. The lowest BCUT2D eigenvalue weighted by Gasteiger charge is -2.06. The molecule has 0 aliphatic heterocycles. The minimum absolute atomic E-state index is 0.00124. The first-order valence-electron chi connectivity index (χ1n) is 6.42. The largest absolute Gasteiger partial charge is 0.508 e. The fourth-order valence-electron chi connectivity index (χ4n) is 1.93. The summed E-state index contributed by atoms with van der Waals surface area (Å²) in [7, 11) is 0. The average molecular weight is 334 g/mol. The van der Waals surface area contributed by atoms with Gasteiger partial charge in [0.25, 0.3) is 0 Å². The van der Waals surface area contributed by atoms with Crippen LogP contribution >= 0.6 is 22.9 Å². The van der Waals surface area contributed by atoms with Crippen LogP contribution in [0.5, 0.6) is 11.5 Å². The van der Waals surface area contributed by atoms with Crippen molar-refractivity contribution in [3.63, 3.8) is 0 Å². The Morgan fingerprint density at radius 2 is 1.91 bits per heavy atom. The van der Waals surface area contributed by atoms with Crippen LogP contribution in [0.2, 0.25) is 5.02 Å². The molecule has 3 rings (SSSR count). The summed E-state index contributed by atoms with van der Waals surface area (Å²) in [5.41, 5.74) is 2.41. The Hall–Kier alpha value is -2.31. The number of nitrogens with one attached hydrogen (secondary N) is 1. The summed E-state index contributed by atoms with van der Waals surface area (Å²) in [5.74, 6) is -0.0414. The third kappa shape index (κ3) is 2.98. The lowest BCUT2D eigenvalue weighted by atomic mass is 10.2. The van der Waals surface area contributed by atoms with Crippen LogP contribution < -0.4 is 5.32 Å². The second-order valence-electron chi connectivity index (χ2n) is 4.70. The third-order valence-electron chi connectivity index (χ3n) is 3.08. The van der Waals surface area contributed by atoms with Crippen LogP contribution in [0.1, 0.15) is 5.56 Å². The Bertz CT molecular complexity index is 835. The summed E-state index contributed by atoms with van der Waals surface area (Å²) in [5, 5.41) is 32.3. The quantitative estimate of drug-likeness (QED) is 0.665. The van der Waals surface area contributed by atoms with E-state index >= 15 is 0 Å². The highest BCUT2D eigenvalue weighted by molar-refractivity contribution is 7.18. The van der Waals surface area contributed by atoms with E-state index in [-0.39, 0.29) is 11.5 Å². The van der Waals surface area contributed by atoms with E-state index in [0.717, 1.165) is 11.3 Å². The van der Waals surface area contributed by atoms with Gasteiger partial charge in [-0.1, -0.05) is 29.0 Å². The van der Waals surface area contributed by atoms with Gasteiger partial charge in [-0.05, 0) is 36.8 Å². The first-order chi connectivity index (χ1) is 10.5. The molecule has 0 aliphatic rings. The molecule has 112 valence electrons.